The van der Waals surface area contributed by atoms with E-state index >= 15 is 0 Å². The molecule has 0 radical (unpaired) electrons. The number of hydrogen-bond donors (Lipinski definition) is 0. The van der Waals surface area contributed by atoms with Crippen LogP contribution >= 0.6 is 11.8 Å². The molecule has 4 rings (SSSR count). The second kappa shape index (κ2) is 8.07. The summed E-state index contributed by atoms with van der Waals surface area (Å²) >= 11 is 1.79. The Morgan fingerprint density at radius 3 is 1.92 bits per heavy atom. The first-order valence-electron chi connectivity index (χ1n) is 8.72. The topological polar surface area (TPSA) is 17.8 Å². The van der Waals surface area contributed by atoms with Gasteiger partial charge in [-0.25, -0.2) is 4.98 Å². The molecule has 4 aromatic rings. The van der Waals surface area contributed by atoms with Gasteiger partial charge in [-0.3, -0.25) is 0 Å². The molecule has 0 unspecified atom stereocenters. The normalized spacial score (nSPS) is 10.8. The third-order valence-electron chi connectivity index (χ3n) is 4.28. The van der Waals surface area contributed by atoms with Crippen LogP contribution in [0, 0.1) is 0 Å². The van der Waals surface area contributed by atoms with Crippen molar-refractivity contribution in [3.05, 3.63) is 108 Å². The minimum Gasteiger partial charge on any atom is -0.314 e. The fraction of sp³-hybridized carbons (Fsp3) is 0.0870. The van der Waals surface area contributed by atoms with Gasteiger partial charge < -0.3 is 4.57 Å². The highest BCUT2D eigenvalue weighted by Gasteiger charge is 2.13. The molecule has 0 amide bonds. The van der Waals surface area contributed by atoms with Gasteiger partial charge in [0.2, 0.25) is 0 Å². The first kappa shape index (κ1) is 16.7. The number of rotatable bonds is 6. The average Bonchev–Trinajstić information content (AvgIpc) is 3.11. The van der Waals surface area contributed by atoms with Crippen molar-refractivity contribution >= 4 is 11.8 Å². The first-order valence-corrected chi connectivity index (χ1v) is 9.70. The van der Waals surface area contributed by atoms with Crippen LogP contribution in [-0.2, 0) is 12.3 Å². The molecule has 0 saturated heterocycles. The highest BCUT2D eigenvalue weighted by atomic mass is 32.2. The van der Waals surface area contributed by atoms with Gasteiger partial charge in [0.1, 0.15) is 0 Å². The van der Waals surface area contributed by atoms with Gasteiger partial charge >= 0.3 is 0 Å². The van der Waals surface area contributed by atoms with Crippen molar-refractivity contribution in [3.8, 4) is 11.3 Å². The summed E-state index contributed by atoms with van der Waals surface area (Å²) in [6, 6.07) is 31.6. The van der Waals surface area contributed by atoms with Crippen LogP contribution in [0.15, 0.2) is 102 Å². The molecular formula is C23H20N2S. The summed E-state index contributed by atoms with van der Waals surface area (Å²) in [5.41, 5.74) is 4.95. The van der Waals surface area contributed by atoms with Crippen LogP contribution < -0.4 is 0 Å². The molecule has 26 heavy (non-hydrogen) atoms. The van der Waals surface area contributed by atoms with Gasteiger partial charge in [0.25, 0.3) is 0 Å². The zero-order valence-corrected chi connectivity index (χ0v) is 15.3. The highest BCUT2D eigenvalue weighted by Crippen LogP contribution is 2.29. The monoisotopic (exact) mass is 356 g/mol. The number of imidazole rings is 1. The minimum absolute atomic E-state index is 0.822. The summed E-state index contributed by atoms with van der Waals surface area (Å²) in [6.45, 7) is 0.822. The van der Waals surface area contributed by atoms with E-state index in [4.69, 9.17) is 4.98 Å². The van der Waals surface area contributed by atoms with Crippen molar-refractivity contribution in [1.29, 1.82) is 0 Å². The van der Waals surface area contributed by atoms with E-state index in [1.165, 1.54) is 16.7 Å². The summed E-state index contributed by atoms with van der Waals surface area (Å²) in [6.07, 6.45) is 1.99. The van der Waals surface area contributed by atoms with Crippen molar-refractivity contribution in [2.75, 3.05) is 0 Å². The molecule has 0 N–H and O–H groups in total. The maximum atomic E-state index is 4.73. The second-order valence-electron chi connectivity index (χ2n) is 6.14. The van der Waals surface area contributed by atoms with Crippen molar-refractivity contribution in [2.24, 2.45) is 0 Å². The first-order chi connectivity index (χ1) is 12.9. The Morgan fingerprint density at radius 1 is 0.692 bits per heavy atom. The lowest BCUT2D eigenvalue weighted by atomic mass is 10.1. The van der Waals surface area contributed by atoms with Crippen LogP contribution in [-0.4, -0.2) is 9.55 Å². The maximum Gasteiger partial charge on any atom is 0.169 e. The number of aromatic nitrogens is 2. The van der Waals surface area contributed by atoms with Crippen LogP contribution in [0.4, 0.5) is 0 Å². The molecule has 0 saturated carbocycles. The Morgan fingerprint density at radius 2 is 1.27 bits per heavy atom. The van der Waals surface area contributed by atoms with Gasteiger partial charge in [-0.1, -0.05) is 103 Å². The van der Waals surface area contributed by atoms with E-state index in [1.807, 2.05) is 12.3 Å². The standard InChI is InChI=1S/C23H20N2S/c1-4-10-19(11-5-1)17-25-22(21-14-8-3-9-15-21)16-24-23(25)26-18-20-12-6-2-7-13-20/h1-16H,17-18H2. The number of hydrogen-bond acceptors (Lipinski definition) is 2. The zero-order valence-electron chi connectivity index (χ0n) is 14.5. The fourth-order valence-corrected chi connectivity index (χ4v) is 3.89. The van der Waals surface area contributed by atoms with Crippen LogP contribution in [0.25, 0.3) is 11.3 Å². The number of nitrogens with zero attached hydrogens (tertiary/aromatic N) is 2. The molecule has 0 fully saturated rings. The van der Waals surface area contributed by atoms with Crippen molar-refractivity contribution < 1.29 is 0 Å². The predicted molar refractivity (Wildman–Crippen MR) is 109 cm³/mol. The van der Waals surface area contributed by atoms with Crippen LogP contribution in [0.3, 0.4) is 0 Å². The van der Waals surface area contributed by atoms with Gasteiger partial charge in [-0.05, 0) is 16.7 Å². The molecule has 1 heterocycles. The maximum absolute atomic E-state index is 4.73. The summed E-state index contributed by atoms with van der Waals surface area (Å²) < 4.78 is 2.32. The summed E-state index contributed by atoms with van der Waals surface area (Å²) in [5, 5.41) is 1.05. The van der Waals surface area contributed by atoms with E-state index in [0.29, 0.717) is 0 Å². The Balaban J connectivity index is 1.66. The molecule has 0 aliphatic rings. The number of benzene rings is 3. The molecule has 0 atom stereocenters. The van der Waals surface area contributed by atoms with Crippen molar-refractivity contribution in [1.82, 2.24) is 9.55 Å². The highest BCUT2D eigenvalue weighted by molar-refractivity contribution is 7.98. The van der Waals surface area contributed by atoms with Crippen LogP contribution in [0.5, 0.6) is 0 Å². The molecule has 128 valence electrons. The lowest BCUT2D eigenvalue weighted by Crippen LogP contribution is -2.03. The van der Waals surface area contributed by atoms with Crippen molar-refractivity contribution in [3.63, 3.8) is 0 Å². The second-order valence-corrected chi connectivity index (χ2v) is 7.08. The Kier molecular flexibility index (Phi) is 5.17. The minimum atomic E-state index is 0.822. The smallest absolute Gasteiger partial charge is 0.169 e. The van der Waals surface area contributed by atoms with E-state index in [9.17, 15) is 0 Å². The molecule has 3 aromatic carbocycles. The lowest BCUT2D eigenvalue weighted by Gasteiger charge is -2.12. The molecule has 3 heteroatoms. The van der Waals surface area contributed by atoms with Gasteiger partial charge in [0.05, 0.1) is 18.4 Å². The largest absolute Gasteiger partial charge is 0.314 e. The zero-order chi connectivity index (χ0) is 17.6. The molecule has 0 spiro atoms. The van der Waals surface area contributed by atoms with Crippen molar-refractivity contribution in [2.45, 2.75) is 17.5 Å². The Bertz CT molecular complexity index is 947. The fourth-order valence-electron chi connectivity index (χ4n) is 2.95. The van der Waals surface area contributed by atoms with Gasteiger partial charge in [-0.2, -0.15) is 0 Å². The summed E-state index contributed by atoms with van der Waals surface area (Å²) in [5.74, 6) is 0.918. The lowest BCUT2D eigenvalue weighted by molar-refractivity contribution is 0.715. The molecule has 0 aliphatic carbocycles. The average molecular weight is 356 g/mol. The molecule has 0 bridgehead atoms. The number of thioether (sulfide) groups is 1. The van der Waals surface area contributed by atoms with E-state index in [-0.39, 0.29) is 0 Å². The summed E-state index contributed by atoms with van der Waals surface area (Å²) in [7, 11) is 0. The van der Waals surface area contributed by atoms with E-state index < -0.39 is 0 Å². The van der Waals surface area contributed by atoms with Gasteiger partial charge in [0, 0.05) is 5.75 Å². The van der Waals surface area contributed by atoms with E-state index in [2.05, 4.69) is 89.5 Å². The van der Waals surface area contributed by atoms with Crippen LogP contribution in [0.2, 0.25) is 0 Å². The molecular weight excluding hydrogens is 336 g/mol. The molecule has 2 nitrogen and oxygen atoms in total. The van der Waals surface area contributed by atoms with E-state index in [1.54, 1.807) is 11.8 Å². The molecule has 0 aliphatic heterocycles. The summed E-state index contributed by atoms with van der Waals surface area (Å²) in [4.78, 5) is 4.73. The third kappa shape index (κ3) is 3.89. The molecule has 1 aromatic heterocycles. The quantitative estimate of drug-likeness (QED) is 0.401. The predicted octanol–water partition coefficient (Wildman–Crippen LogP) is 5.89. The Labute approximate surface area is 158 Å². The Hall–Kier alpha value is -2.78. The van der Waals surface area contributed by atoms with Gasteiger partial charge in [0.15, 0.2) is 5.16 Å². The SMILES string of the molecule is c1ccc(CSc2ncc(-c3ccccc3)n2Cc2ccccc2)cc1. The van der Waals surface area contributed by atoms with Crippen LogP contribution in [0.1, 0.15) is 11.1 Å². The van der Waals surface area contributed by atoms with E-state index in [0.717, 1.165) is 23.1 Å². The third-order valence-corrected chi connectivity index (χ3v) is 5.34. The van der Waals surface area contributed by atoms with Gasteiger partial charge in [-0.15, -0.1) is 0 Å².